The van der Waals surface area contributed by atoms with E-state index in [-0.39, 0.29) is 17.2 Å². The van der Waals surface area contributed by atoms with E-state index in [0.29, 0.717) is 33.4 Å². The van der Waals surface area contributed by atoms with Crippen LogP contribution in [0.25, 0.3) is 10.2 Å². The zero-order valence-corrected chi connectivity index (χ0v) is 19.7. The van der Waals surface area contributed by atoms with Gasteiger partial charge >= 0.3 is 5.97 Å². The summed E-state index contributed by atoms with van der Waals surface area (Å²) in [5, 5.41) is 12.6. The van der Waals surface area contributed by atoms with Gasteiger partial charge in [-0.05, 0) is 54.2 Å². The molecule has 34 heavy (non-hydrogen) atoms. The Morgan fingerprint density at radius 1 is 1.12 bits per heavy atom. The van der Waals surface area contributed by atoms with Crippen molar-refractivity contribution in [2.24, 2.45) is 0 Å². The molecule has 2 aromatic carbocycles. The summed E-state index contributed by atoms with van der Waals surface area (Å²) in [6.45, 7) is 0. The summed E-state index contributed by atoms with van der Waals surface area (Å²) in [5.41, 5.74) is 2.09. The van der Waals surface area contributed by atoms with Gasteiger partial charge in [-0.3, -0.25) is 19.7 Å². The fourth-order valence-corrected chi connectivity index (χ4v) is 7.07. The number of aliphatic carboxylic acids is 1. The number of carboxylic acid groups (broad SMARTS) is 1. The van der Waals surface area contributed by atoms with E-state index >= 15 is 0 Å². The summed E-state index contributed by atoms with van der Waals surface area (Å²) in [6, 6.07) is 15.2. The summed E-state index contributed by atoms with van der Waals surface area (Å²) in [7, 11) is 0. The average Bonchev–Trinajstić information content (AvgIpc) is 3.60. The van der Waals surface area contributed by atoms with Gasteiger partial charge in [-0.2, -0.15) is 0 Å². The molecule has 6 rings (SSSR count). The Balaban J connectivity index is 1.22. The highest BCUT2D eigenvalue weighted by Crippen LogP contribution is 2.40. The number of aromatic nitrogens is 1. The van der Waals surface area contributed by atoms with Crippen LogP contribution >= 0.6 is 34.9 Å². The number of hydrogen-bond donors (Lipinski definition) is 2. The molecule has 8 nitrogen and oxygen atoms in total. The molecule has 0 unspecified atom stereocenters. The molecule has 0 radical (unpaired) electrons. The monoisotopic (exact) mass is 509 g/mol. The largest absolute Gasteiger partial charge is 0.480 e. The van der Waals surface area contributed by atoms with E-state index in [1.807, 2.05) is 12.1 Å². The van der Waals surface area contributed by atoms with Gasteiger partial charge in [0.2, 0.25) is 0 Å². The summed E-state index contributed by atoms with van der Waals surface area (Å²) in [4.78, 5) is 42.6. The fraction of sp³-hybridized carbons (Fsp3) is 0.130. The maximum absolute atomic E-state index is 12.8. The molecule has 2 aliphatic rings. The zero-order chi connectivity index (χ0) is 23.4. The normalized spacial score (nSPS) is 19.8. The first-order valence-corrected chi connectivity index (χ1v) is 12.9. The van der Waals surface area contributed by atoms with E-state index in [1.165, 1.54) is 39.8 Å². The Kier molecular flexibility index (Phi) is 5.21. The first-order chi connectivity index (χ1) is 16.5. The van der Waals surface area contributed by atoms with Crippen molar-refractivity contribution in [2.45, 2.75) is 20.8 Å². The summed E-state index contributed by atoms with van der Waals surface area (Å²) in [5.74, 6) is -0.371. The lowest BCUT2D eigenvalue weighted by molar-refractivity contribution is -0.138. The maximum atomic E-state index is 12.8. The number of imide groups is 1. The highest BCUT2D eigenvalue weighted by Gasteiger charge is 2.36. The third kappa shape index (κ3) is 3.61. The molecule has 0 saturated carbocycles. The lowest BCUT2D eigenvalue weighted by Crippen LogP contribution is -2.33. The summed E-state index contributed by atoms with van der Waals surface area (Å²) in [6.07, 6.45) is 0. The Bertz CT molecular complexity index is 1440. The molecule has 11 heteroatoms. The molecular formula is C23H15N3O5S3. The van der Waals surface area contributed by atoms with E-state index in [1.54, 1.807) is 42.5 Å². The second-order valence-electron chi connectivity index (χ2n) is 7.65. The van der Waals surface area contributed by atoms with Crippen LogP contribution in [0.5, 0.6) is 0 Å². The van der Waals surface area contributed by atoms with Crippen molar-refractivity contribution in [2.75, 3.05) is 10.7 Å². The second-order valence-corrected chi connectivity index (χ2v) is 11.1. The molecule has 0 spiro atoms. The van der Waals surface area contributed by atoms with Gasteiger partial charge in [-0.25, -0.2) is 9.88 Å². The SMILES string of the molecule is O=C(O)[C@@H]1CS[C@@H](c2ccc(Sc3nc4ccc(N5C(=O)c6ccccc6C5=O)cc4s3)o2)N1. The molecule has 2 aromatic heterocycles. The van der Waals surface area contributed by atoms with E-state index in [0.717, 1.165) is 14.6 Å². The molecule has 4 heterocycles. The van der Waals surface area contributed by atoms with Gasteiger partial charge in [0.05, 0.1) is 27.0 Å². The van der Waals surface area contributed by atoms with Crippen LogP contribution in [-0.2, 0) is 4.79 Å². The number of thioether (sulfide) groups is 1. The Morgan fingerprint density at radius 2 is 1.88 bits per heavy atom. The maximum Gasteiger partial charge on any atom is 0.321 e. The number of nitrogens with zero attached hydrogens (tertiary/aromatic N) is 2. The Hall–Kier alpha value is -3.12. The number of amides is 2. The van der Waals surface area contributed by atoms with E-state index in [4.69, 9.17) is 9.52 Å². The molecule has 2 N–H and O–H groups in total. The highest BCUT2D eigenvalue weighted by molar-refractivity contribution is 8.01. The molecule has 170 valence electrons. The summed E-state index contributed by atoms with van der Waals surface area (Å²) >= 11 is 4.31. The van der Waals surface area contributed by atoms with Crippen LogP contribution in [0.1, 0.15) is 31.9 Å². The number of carbonyl (C=O) groups excluding carboxylic acids is 2. The van der Waals surface area contributed by atoms with Crippen LogP contribution < -0.4 is 10.2 Å². The smallest absolute Gasteiger partial charge is 0.321 e. The Morgan fingerprint density at radius 3 is 2.59 bits per heavy atom. The molecule has 2 aliphatic heterocycles. The van der Waals surface area contributed by atoms with Crippen LogP contribution in [0.3, 0.4) is 0 Å². The number of anilines is 1. The van der Waals surface area contributed by atoms with Gasteiger partial charge in [0, 0.05) is 5.75 Å². The van der Waals surface area contributed by atoms with Crippen molar-refractivity contribution in [1.82, 2.24) is 10.3 Å². The molecule has 0 bridgehead atoms. The third-order valence-electron chi connectivity index (χ3n) is 5.53. The van der Waals surface area contributed by atoms with Gasteiger partial charge < -0.3 is 9.52 Å². The summed E-state index contributed by atoms with van der Waals surface area (Å²) < 4.78 is 7.52. The number of furan rings is 1. The first kappa shape index (κ1) is 21.4. The fourth-order valence-electron chi connectivity index (χ4n) is 3.89. The van der Waals surface area contributed by atoms with Crippen molar-refractivity contribution >= 4 is 68.5 Å². The van der Waals surface area contributed by atoms with Gasteiger partial charge in [-0.1, -0.05) is 12.1 Å². The van der Waals surface area contributed by atoms with Crippen molar-refractivity contribution in [3.63, 3.8) is 0 Å². The molecule has 2 atom stereocenters. The number of carbonyl (C=O) groups is 3. The number of thiazole rings is 1. The van der Waals surface area contributed by atoms with Crippen LogP contribution in [0.4, 0.5) is 5.69 Å². The molecular weight excluding hydrogens is 494 g/mol. The lowest BCUT2D eigenvalue weighted by Gasteiger charge is -2.13. The van der Waals surface area contributed by atoms with E-state index in [9.17, 15) is 14.4 Å². The van der Waals surface area contributed by atoms with Crippen molar-refractivity contribution < 1.29 is 23.9 Å². The number of rotatable bonds is 5. The molecule has 1 fully saturated rings. The van der Waals surface area contributed by atoms with Gasteiger partial charge in [0.1, 0.15) is 17.2 Å². The van der Waals surface area contributed by atoms with Crippen LogP contribution in [0.15, 0.2) is 68.4 Å². The van der Waals surface area contributed by atoms with Crippen molar-refractivity contribution in [3.05, 3.63) is 71.5 Å². The quantitative estimate of drug-likeness (QED) is 0.372. The molecule has 0 aliphatic carbocycles. The highest BCUT2D eigenvalue weighted by atomic mass is 32.2. The molecule has 4 aromatic rings. The predicted octanol–water partition coefficient (Wildman–Crippen LogP) is 4.63. The standard InChI is InChI=1S/C23H15N3O5S3/c27-20-12-3-1-2-4-13(12)21(28)26(20)11-5-6-14-17(9-11)33-23(25-14)34-18-8-7-16(31-18)19-24-15(10-32-19)22(29)30/h1-9,15,19,24H,10H2,(H,29,30)/t15-,19-/m0/s1. The van der Waals surface area contributed by atoms with Crippen molar-refractivity contribution in [1.29, 1.82) is 0 Å². The number of carboxylic acids is 1. The topological polar surface area (TPSA) is 113 Å². The minimum absolute atomic E-state index is 0.201. The first-order valence-electron chi connectivity index (χ1n) is 10.2. The van der Waals surface area contributed by atoms with E-state index < -0.39 is 12.0 Å². The van der Waals surface area contributed by atoms with Gasteiger partial charge in [-0.15, -0.1) is 23.1 Å². The van der Waals surface area contributed by atoms with Gasteiger partial charge in [0.15, 0.2) is 9.43 Å². The lowest BCUT2D eigenvalue weighted by atomic mass is 10.1. The molecule has 1 saturated heterocycles. The minimum Gasteiger partial charge on any atom is -0.480 e. The number of nitrogens with one attached hydrogen (secondary N) is 1. The van der Waals surface area contributed by atoms with Crippen LogP contribution in [0.2, 0.25) is 0 Å². The predicted molar refractivity (Wildman–Crippen MR) is 130 cm³/mol. The number of hydrogen-bond acceptors (Lipinski definition) is 9. The average molecular weight is 510 g/mol. The number of fused-ring (bicyclic) bond motifs is 2. The third-order valence-corrected chi connectivity index (χ3v) is 8.76. The minimum atomic E-state index is -0.869. The van der Waals surface area contributed by atoms with Crippen LogP contribution in [0, 0.1) is 0 Å². The number of benzene rings is 2. The van der Waals surface area contributed by atoms with E-state index in [2.05, 4.69) is 10.3 Å². The molecule has 2 amide bonds. The Labute approximate surface area is 205 Å². The second kappa shape index (κ2) is 8.27. The van der Waals surface area contributed by atoms with Crippen molar-refractivity contribution in [3.8, 4) is 0 Å². The van der Waals surface area contributed by atoms with Crippen LogP contribution in [-0.4, -0.2) is 39.7 Å². The zero-order valence-electron chi connectivity index (χ0n) is 17.3. The van der Waals surface area contributed by atoms with Gasteiger partial charge in [0.25, 0.3) is 11.8 Å².